The maximum atomic E-state index is 5.68. The fraction of sp³-hybridized carbons (Fsp3) is 0.391. The number of fused-ring (bicyclic) bond motifs is 2. The van der Waals surface area contributed by atoms with Gasteiger partial charge in [0, 0.05) is 40.9 Å². The van der Waals surface area contributed by atoms with Gasteiger partial charge in [-0.1, -0.05) is 12.1 Å². The van der Waals surface area contributed by atoms with E-state index in [1.807, 2.05) is 6.20 Å². The lowest BCUT2D eigenvalue weighted by Gasteiger charge is -2.34. The van der Waals surface area contributed by atoms with Crippen LogP contribution in [0.2, 0.25) is 0 Å². The van der Waals surface area contributed by atoms with Gasteiger partial charge in [-0.2, -0.15) is 0 Å². The summed E-state index contributed by atoms with van der Waals surface area (Å²) in [6, 6.07) is 11.2. The van der Waals surface area contributed by atoms with Crippen LogP contribution in [0.1, 0.15) is 31.5 Å². The van der Waals surface area contributed by atoms with Crippen molar-refractivity contribution in [3.8, 4) is 11.4 Å². The highest BCUT2D eigenvalue weighted by molar-refractivity contribution is 5.96. The Bertz CT molecular complexity index is 1210. The Balaban J connectivity index is 1.56. The number of aromatic nitrogens is 4. The van der Waals surface area contributed by atoms with Gasteiger partial charge in [0.05, 0.1) is 24.8 Å². The Morgan fingerprint density at radius 2 is 2.17 bits per heavy atom. The van der Waals surface area contributed by atoms with E-state index in [9.17, 15) is 0 Å². The molecular weight excluding hydrogens is 376 g/mol. The Morgan fingerprint density at radius 1 is 1.20 bits per heavy atom. The monoisotopic (exact) mass is 402 g/mol. The van der Waals surface area contributed by atoms with E-state index < -0.39 is 0 Å². The number of H-pyrrole nitrogens is 2. The first-order valence-electron chi connectivity index (χ1n) is 10.8. The predicted molar refractivity (Wildman–Crippen MR) is 119 cm³/mol. The molecule has 0 saturated carbocycles. The standard InChI is InChI=1S/C23H26N6O/c1-14-13-30-11-10-29(14)23-21-20(12-19(26-21)18-6-3-8-24-18)27-22(28-23)16-4-2-5-17-15(16)7-9-25-17/h2,4-5,7,9,12,14,18,24-26H,3,6,8,10-11,13H2,1H3/t14-,18?/m1/s1. The molecular formula is C23H26N6O. The Morgan fingerprint density at radius 3 is 3.03 bits per heavy atom. The highest BCUT2D eigenvalue weighted by Crippen LogP contribution is 2.34. The third kappa shape index (κ3) is 2.88. The van der Waals surface area contributed by atoms with Crippen molar-refractivity contribution in [1.29, 1.82) is 0 Å². The van der Waals surface area contributed by atoms with Crippen molar-refractivity contribution in [2.75, 3.05) is 31.2 Å². The molecule has 5 heterocycles. The molecule has 3 N–H and O–H groups in total. The molecule has 154 valence electrons. The lowest BCUT2D eigenvalue weighted by molar-refractivity contribution is 0.0987. The summed E-state index contributed by atoms with van der Waals surface area (Å²) in [4.78, 5) is 19.4. The zero-order chi connectivity index (χ0) is 20.1. The van der Waals surface area contributed by atoms with Gasteiger partial charge in [0.25, 0.3) is 0 Å². The van der Waals surface area contributed by atoms with Crippen molar-refractivity contribution in [2.24, 2.45) is 0 Å². The summed E-state index contributed by atoms with van der Waals surface area (Å²) in [5.41, 5.74) is 5.36. The molecule has 7 nitrogen and oxygen atoms in total. The van der Waals surface area contributed by atoms with Crippen LogP contribution in [0.5, 0.6) is 0 Å². The Kier molecular flexibility index (Phi) is 4.24. The van der Waals surface area contributed by atoms with Crippen LogP contribution in [0.25, 0.3) is 33.3 Å². The van der Waals surface area contributed by atoms with E-state index in [1.54, 1.807) is 0 Å². The number of anilines is 1. The normalized spacial score (nSPS) is 22.4. The van der Waals surface area contributed by atoms with Gasteiger partial charge < -0.3 is 24.9 Å². The maximum Gasteiger partial charge on any atom is 0.162 e. The zero-order valence-corrected chi connectivity index (χ0v) is 17.1. The molecule has 6 rings (SSSR count). The predicted octanol–water partition coefficient (Wildman–Crippen LogP) is 3.76. The van der Waals surface area contributed by atoms with Gasteiger partial charge in [-0.05, 0) is 44.5 Å². The van der Waals surface area contributed by atoms with Crippen LogP contribution in [0, 0.1) is 0 Å². The number of nitrogens with zero attached hydrogens (tertiary/aromatic N) is 3. The third-order valence-electron chi connectivity index (χ3n) is 6.39. The van der Waals surface area contributed by atoms with Gasteiger partial charge in [0.15, 0.2) is 11.6 Å². The first-order chi connectivity index (χ1) is 14.8. The molecule has 4 aromatic rings. The molecule has 0 spiro atoms. The van der Waals surface area contributed by atoms with Crippen LogP contribution < -0.4 is 10.2 Å². The Hall–Kier alpha value is -2.90. The minimum Gasteiger partial charge on any atom is -0.377 e. The average molecular weight is 403 g/mol. The number of ether oxygens (including phenoxy) is 1. The van der Waals surface area contributed by atoms with Crippen LogP contribution in [-0.2, 0) is 4.74 Å². The van der Waals surface area contributed by atoms with Crippen molar-refractivity contribution in [3.63, 3.8) is 0 Å². The van der Waals surface area contributed by atoms with Gasteiger partial charge in [-0.3, -0.25) is 0 Å². The fourth-order valence-electron chi connectivity index (χ4n) is 4.81. The first kappa shape index (κ1) is 17.9. The maximum absolute atomic E-state index is 5.68. The second kappa shape index (κ2) is 7.11. The van der Waals surface area contributed by atoms with Crippen molar-refractivity contribution >= 4 is 27.8 Å². The second-order valence-corrected chi connectivity index (χ2v) is 8.37. The van der Waals surface area contributed by atoms with E-state index in [4.69, 9.17) is 14.7 Å². The summed E-state index contributed by atoms with van der Waals surface area (Å²) in [6.07, 6.45) is 4.33. The number of hydrogen-bond donors (Lipinski definition) is 3. The van der Waals surface area contributed by atoms with Crippen molar-refractivity contribution in [3.05, 3.63) is 42.2 Å². The second-order valence-electron chi connectivity index (χ2n) is 8.37. The summed E-state index contributed by atoms with van der Waals surface area (Å²) >= 11 is 0. The van der Waals surface area contributed by atoms with Crippen LogP contribution in [0.3, 0.4) is 0 Å². The van der Waals surface area contributed by atoms with E-state index in [1.165, 1.54) is 12.1 Å². The molecule has 2 atom stereocenters. The summed E-state index contributed by atoms with van der Waals surface area (Å²) in [5, 5.41) is 4.74. The summed E-state index contributed by atoms with van der Waals surface area (Å²) < 4.78 is 5.68. The highest BCUT2D eigenvalue weighted by atomic mass is 16.5. The van der Waals surface area contributed by atoms with Crippen LogP contribution >= 0.6 is 0 Å². The van der Waals surface area contributed by atoms with Gasteiger partial charge in [0.2, 0.25) is 0 Å². The molecule has 0 radical (unpaired) electrons. The number of nitrogens with one attached hydrogen (secondary N) is 3. The lowest BCUT2D eigenvalue weighted by Crippen LogP contribution is -2.44. The molecule has 0 aliphatic carbocycles. The van der Waals surface area contributed by atoms with Gasteiger partial charge in [0.1, 0.15) is 5.52 Å². The molecule has 2 fully saturated rings. The van der Waals surface area contributed by atoms with Gasteiger partial charge >= 0.3 is 0 Å². The lowest BCUT2D eigenvalue weighted by atomic mass is 10.1. The van der Waals surface area contributed by atoms with Crippen LogP contribution in [-0.4, -0.2) is 52.3 Å². The first-order valence-corrected chi connectivity index (χ1v) is 10.8. The zero-order valence-electron chi connectivity index (χ0n) is 17.1. The van der Waals surface area contributed by atoms with E-state index in [2.05, 4.69) is 57.4 Å². The summed E-state index contributed by atoms with van der Waals surface area (Å²) in [5.74, 6) is 1.74. The number of rotatable bonds is 3. The van der Waals surface area contributed by atoms with Crippen LogP contribution in [0.15, 0.2) is 36.5 Å². The SMILES string of the molecule is C[C@@H]1COCCN1c1nc(-c2cccc3[nH]ccc23)nc2cc(C3CCCN3)[nH]c12. The molecule has 7 heteroatoms. The molecule has 2 saturated heterocycles. The van der Waals surface area contributed by atoms with Crippen molar-refractivity contribution < 1.29 is 4.74 Å². The van der Waals surface area contributed by atoms with E-state index in [-0.39, 0.29) is 6.04 Å². The summed E-state index contributed by atoms with van der Waals surface area (Å²) in [6.45, 7) is 5.53. The quantitative estimate of drug-likeness (QED) is 0.486. The van der Waals surface area contributed by atoms with Crippen molar-refractivity contribution in [1.82, 2.24) is 25.3 Å². The van der Waals surface area contributed by atoms with E-state index >= 15 is 0 Å². The van der Waals surface area contributed by atoms with E-state index in [0.29, 0.717) is 12.6 Å². The van der Waals surface area contributed by atoms with Crippen molar-refractivity contribution in [2.45, 2.75) is 31.8 Å². The topological polar surface area (TPSA) is 81.9 Å². The molecule has 2 aliphatic rings. The molecule has 0 amide bonds. The number of morpholine rings is 1. The molecule has 0 bridgehead atoms. The van der Waals surface area contributed by atoms with Gasteiger partial charge in [-0.15, -0.1) is 0 Å². The van der Waals surface area contributed by atoms with Crippen LogP contribution in [0.4, 0.5) is 5.82 Å². The number of aromatic amines is 2. The average Bonchev–Trinajstić information content (AvgIpc) is 3.53. The largest absolute Gasteiger partial charge is 0.377 e. The minimum atomic E-state index is 0.268. The smallest absolute Gasteiger partial charge is 0.162 e. The molecule has 30 heavy (non-hydrogen) atoms. The van der Waals surface area contributed by atoms with Gasteiger partial charge in [-0.25, -0.2) is 9.97 Å². The number of hydrogen-bond acceptors (Lipinski definition) is 5. The molecule has 3 aromatic heterocycles. The highest BCUT2D eigenvalue weighted by Gasteiger charge is 2.26. The van der Waals surface area contributed by atoms with E-state index in [0.717, 1.165) is 65.3 Å². The molecule has 1 unspecified atom stereocenters. The molecule has 1 aromatic carbocycles. The Labute approximate surface area is 174 Å². The minimum absolute atomic E-state index is 0.268. The summed E-state index contributed by atoms with van der Waals surface area (Å²) in [7, 11) is 0. The fourth-order valence-corrected chi connectivity index (χ4v) is 4.81. The third-order valence-corrected chi connectivity index (χ3v) is 6.39. The molecule has 2 aliphatic heterocycles. The number of benzene rings is 1.